The van der Waals surface area contributed by atoms with Crippen LogP contribution >= 0.6 is 0 Å². The van der Waals surface area contributed by atoms with Gasteiger partial charge < -0.3 is 16.0 Å². The average Bonchev–Trinajstić information content (AvgIpc) is 2.81. The number of para-hydroxylation sites is 1. The Bertz CT molecular complexity index is 569. The summed E-state index contributed by atoms with van der Waals surface area (Å²) in [7, 11) is 0. The molecule has 0 aliphatic carbocycles. The van der Waals surface area contributed by atoms with Crippen LogP contribution in [0.15, 0.2) is 30.3 Å². The molecular weight excluding hydrogens is 270 g/mol. The summed E-state index contributed by atoms with van der Waals surface area (Å²) in [5, 5.41) is 2.60. The molecule has 3 amide bonds. The summed E-state index contributed by atoms with van der Waals surface area (Å²) in [6, 6.07) is 9.19. The number of nitrogens with one attached hydrogen (secondary N) is 1. The second kappa shape index (κ2) is 5.55. The predicted octanol–water partition coefficient (Wildman–Crippen LogP) is 0.420. The first-order valence-electron chi connectivity index (χ1n) is 6.78. The maximum atomic E-state index is 12.2. The van der Waals surface area contributed by atoms with E-state index in [1.807, 2.05) is 30.3 Å². The van der Waals surface area contributed by atoms with Gasteiger partial charge in [-0.3, -0.25) is 14.4 Å². The number of anilines is 1. The van der Waals surface area contributed by atoms with Crippen molar-refractivity contribution < 1.29 is 14.4 Å². The molecule has 1 saturated heterocycles. The largest absolute Gasteiger partial charge is 0.368 e. The van der Waals surface area contributed by atoms with E-state index >= 15 is 0 Å². The molecule has 0 saturated carbocycles. The number of carbonyl (C=O) groups excluding carboxylic acids is 3. The molecule has 1 heterocycles. The van der Waals surface area contributed by atoms with Crippen LogP contribution in [0.25, 0.3) is 0 Å². The molecule has 112 valence electrons. The lowest BCUT2D eigenvalue weighted by Gasteiger charge is -2.24. The fraction of sp³-hybridized carbons (Fsp3) is 0.400. The lowest BCUT2D eigenvalue weighted by molar-refractivity contribution is -0.132. The third-order valence-corrected chi connectivity index (χ3v) is 3.62. The SMILES string of the molecule is CC(C)(NC(=O)C1CC(=O)N(c2ccccc2)C1)C(N)=O. The van der Waals surface area contributed by atoms with Crippen LogP contribution in [0.4, 0.5) is 5.69 Å². The van der Waals surface area contributed by atoms with E-state index in [0.717, 1.165) is 5.69 Å². The fourth-order valence-electron chi connectivity index (χ4n) is 2.21. The van der Waals surface area contributed by atoms with Gasteiger partial charge in [-0.1, -0.05) is 18.2 Å². The Kier molecular flexibility index (Phi) is 3.97. The summed E-state index contributed by atoms with van der Waals surface area (Å²) in [6.45, 7) is 3.39. The highest BCUT2D eigenvalue weighted by molar-refractivity contribution is 6.01. The Morgan fingerprint density at radius 3 is 2.48 bits per heavy atom. The van der Waals surface area contributed by atoms with E-state index < -0.39 is 17.4 Å². The van der Waals surface area contributed by atoms with Crippen molar-refractivity contribution in [2.45, 2.75) is 25.8 Å². The number of nitrogens with zero attached hydrogens (tertiary/aromatic N) is 1. The third kappa shape index (κ3) is 3.21. The number of amides is 3. The van der Waals surface area contributed by atoms with Gasteiger partial charge in [0.15, 0.2) is 0 Å². The number of hydrogen-bond acceptors (Lipinski definition) is 3. The highest BCUT2D eigenvalue weighted by atomic mass is 16.2. The van der Waals surface area contributed by atoms with Gasteiger partial charge in [-0.05, 0) is 26.0 Å². The van der Waals surface area contributed by atoms with Gasteiger partial charge in [0.2, 0.25) is 17.7 Å². The summed E-state index contributed by atoms with van der Waals surface area (Å²) in [5.41, 5.74) is 4.88. The topological polar surface area (TPSA) is 92.5 Å². The molecule has 1 fully saturated rings. The number of hydrogen-bond donors (Lipinski definition) is 2. The van der Waals surface area contributed by atoms with Gasteiger partial charge >= 0.3 is 0 Å². The zero-order valence-electron chi connectivity index (χ0n) is 12.1. The van der Waals surface area contributed by atoms with Crippen LogP contribution in [0.3, 0.4) is 0 Å². The Morgan fingerprint density at radius 1 is 1.29 bits per heavy atom. The van der Waals surface area contributed by atoms with Crippen LogP contribution in [0.2, 0.25) is 0 Å². The molecule has 21 heavy (non-hydrogen) atoms. The molecule has 0 bridgehead atoms. The average molecular weight is 289 g/mol. The van der Waals surface area contributed by atoms with E-state index in [1.54, 1.807) is 18.7 Å². The van der Waals surface area contributed by atoms with Crippen LogP contribution in [-0.4, -0.2) is 29.8 Å². The van der Waals surface area contributed by atoms with Crippen molar-refractivity contribution in [3.05, 3.63) is 30.3 Å². The van der Waals surface area contributed by atoms with Gasteiger partial charge in [0.1, 0.15) is 5.54 Å². The lowest BCUT2D eigenvalue weighted by Crippen LogP contribution is -2.54. The minimum atomic E-state index is -1.12. The molecule has 3 N–H and O–H groups in total. The lowest BCUT2D eigenvalue weighted by atomic mass is 10.0. The Hall–Kier alpha value is -2.37. The predicted molar refractivity (Wildman–Crippen MR) is 78.3 cm³/mol. The van der Waals surface area contributed by atoms with Crippen LogP contribution in [0, 0.1) is 5.92 Å². The first-order valence-corrected chi connectivity index (χ1v) is 6.78. The van der Waals surface area contributed by atoms with E-state index in [4.69, 9.17) is 5.73 Å². The minimum absolute atomic E-state index is 0.0989. The van der Waals surface area contributed by atoms with Gasteiger partial charge in [0.25, 0.3) is 0 Å². The van der Waals surface area contributed by atoms with Gasteiger partial charge in [0, 0.05) is 18.7 Å². The van der Waals surface area contributed by atoms with Crippen molar-refractivity contribution in [3.63, 3.8) is 0 Å². The normalized spacial score (nSPS) is 18.7. The molecule has 0 spiro atoms. The number of nitrogens with two attached hydrogens (primary N) is 1. The monoisotopic (exact) mass is 289 g/mol. The van der Waals surface area contributed by atoms with E-state index in [9.17, 15) is 14.4 Å². The van der Waals surface area contributed by atoms with Crippen LogP contribution < -0.4 is 16.0 Å². The smallest absolute Gasteiger partial charge is 0.242 e. The zero-order chi connectivity index (χ0) is 15.6. The van der Waals surface area contributed by atoms with Crippen LogP contribution in [-0.2, 0) is 14.4 Å². The zero-order valence-corrected chi connectivity index (χ0v) is 12.1. The quantitative estimate of drug-likeness (QED) is 0.841. The highest BCUT2D eigenvalue weighted by Crippen LogP contribution is 2.25. The molecule has 1 aromatic carbocycles. The third-order valence-electron chi connectivity index (χ3n) is 3.62. The summed E-state index contributed by atoms with van der Waals surface area (Å²) in [4.78, 5) is 37.1. The van der Waals surface area contributed by atoms with Gasteiger partial charge in [-0.25, -0.2) is 0 Å². The van der Waals surface area contributed by atoms with Crippen molar-refractivity contribution in [3.8, 4) is 0 Å². The number of benzene rings is 1. The van der Waals surface area contributed by atoms with Crippen LogP contribution in [0.1, 0.15) is 20.3 Å². The molecule has 1 unspecified atom stereocenters. The van der Waals surface area contributed by atoms with Crippen molar-refractivity contribution in [1.82, 2.24) is 5.32 Å². The molecule has 0 aromatic heterocycles. The summed E-state index contributed by atoms with van der Waals surface area (Å²) < 4.78 is 0. The minimum Gasteiger partial charge on any atom is -0.368 e. The summed E-state index contributed by atoms with van der Waals surface area (Å²) >= 11 is 0. The molecule has 1 atom stereocenters. The van der Waals surface area contributed by atoms with E-state index in [0.29, 0.717) is 6.54 Å². The van der Waals surface area contributed by atoms with E-state index in [1.165, 1.54) is 0 Å². The second-order valence-electron chi connectivity index (χ2n) is 5.72. The Morgan fingerprint density at radius 2 is 1.90 bits per heavy atom. The first-order chi connectivity index (χ1) is 9.81. The van der Waals surface area contributed by atoms with Crippen LogP contribution in [0.5, 0.6) is 0 Å². The molecule has 0 radical (unpaired) electrons. The molecule has 1 aromatic rings. The first kappa shape index (κ1) is 15.0. The molecular formula is C15H19N3O3. The number of rotatable bonds is 4. The Labute approximate surface area is 123 Å². The molecule has 1 aliphatic heterocycles. The second-order valence-corrected chi connectivity index (χ2v) is 5.72. The van der Waals surface area contributed by atoms with E-state index in [-0.39, 0.29) is 18.2 Å². The van der Waals surface area contributed by atoms with Crippen molar-refractivity contribution in [2.24, 2.45) is 11.7 Å². The number of carbonyl (C=O) groups is 3. The summed E-state index contributed by atoms with van der Waals surface area (Å²) in [6.07, 6.45) is 0.134. The van der Waals surface area contributed by atoms with Gasteiger partial charge in [-0.2, -0.15) is 0 Å². The molecule has 1 aliphatic rings. The highest BCUT2D eigenvalue weighted by Gasteiger charge is 2.38. The van der Waals surface area contributed by atoms with Crippen molar-refractivity contribution in [1.29, 1.82) is 0 Å². The Balaban J connectivity index is 2.06. The molecule has 6 nitrogen and oxygen atoms in total. The van der Waals surface area contributed by atoms with E-state index in [2.05, 4.69) is 5.32 Å². The maximum absolute atomic E-state index is 12.2. The standard InChI is InChI=1S/C15H19N3O3/c1-15(2,14(16)21)17-13(20)10-8-12(19)18(9-10)11-6-4-3-5-7-11/h3-7,10H,8-9H2,1-2H3,(H2,16,21)(H,17,20). The fourth-order valence-corrected chi connectivity index (χ4v) is 2.21. The van der Waals surface area contributed by atoms with Crippen molar-refractivity contribution in [2.75, 3.05) is 11.4 Å². The van der Waals surface area contributed by atoms with Gasteiger partial charge in [0.05, 0.1) is 5.92 Å². The van der Waals surface area contributed by atoms with Gasteiger partial charge in [-0.15, -0.1) is 0 Å². The number of primary amides is 1. The molecule has 2 rings (SSSR count). The maximum Gasteiger partial charge on any atom is 0.242 e. The van der Waals surface area contributed by atoms with Crippen molar-refractivity contribution >= 4 is 23.4 Å². The molecule has 6 heteroatoms. The summed E-state index contributed by atoms with van der Waals surface area (Å²) in [5.74, 6) is -1.51.